The van der Waals surface area contributed by atoms with Gasteiger partial charge in [0.25, 0.3) is 11.6 Å². The summed E-state index contributed by atoms with van der Waals surface area (Å²) in [5, 5.41) is 13.5. The van der Waals surface area contributed by atoms with Gasteiger partial charge in [0.1, 0.15) is 5.82 Å². The van der Waals surface area contributed by atoms with Gasteiger partial charge in [-0.2, -0.15) is 0 Å². The van der Waals surface area contributed by atoms with Gasteiger partial charge in [0, 0.05) is 43.7 Å². The summed E-state index contributed by atoms with van der Waals surface area (Å²) >= 11 is 0. The molecule has 1 heterocycles. The van der Waals surface area contributed by atoms with Crippen molar-refractivity contribution in [2.75, 3.05) is 24.3 Å². The predicted molar refractivity (Wildman–Crippen MR) is 79.6 cm³/mol. The van der Waals surface area contributed by atoms with Crippen LogP contribution in [0.25, 0.3) is 0 Å². The van der Waals surface area contributed by atoms with Crippen molar-refractivity contribution < 1.29 is 9.72 Å². The number of carbonyl (C=O) groups is 1. The Morgan fingerprint density at radius 1 is 1.29 bits per heavy atom. The van der Waals surface area contributed by atoms with Gasteiger partial charge in [-0.05, 0) is 24.3 Å². The van der Waals surface area contributed by atoms with E-state index in [0.29, 0.717) is 17.1 Å². The number of hydrogen-bond donors (Lipinski definition) is 1. The lowest BCUT2D eigenvalue weighted by Crippen LogP contribution is -2.26. The molecule has 0 spiro atoms. The van der Waals surface area contributed by atoms with E-state index in [4.69, 9.17) is 0 Å². The van der Waals surface area contributed by atoms with Crippen LogP contribution in [0.1, 0.15) is 10.4 Å². The van der Waals surface area contributed by atoms with Crippen molar-refractivity contribution in [1.82, 2.24) is 4.98 Å². The van der Waals surface area contributed by atoms with Gasteiger partial charge >= 0.3 is 0 Å². The van der Waals surface area contributed by atoms with Gasteiger partial charge in [0.2, 0.25) is 0 Å². The number of rotatable bonds is 4. The number of non-ortho nitro benzene ring substituents is 1. The Bertz CT molecular complexity index is 670. The number of anilines is 2. The maximum absolute atomic E-state index is 12.4. The summed E-state index contributed by atoms with van der Waals surface area (Å²) in [6.07, 6.45) is 1.54. The van der Waals surface area contributed by atoms with E-state index in [-0.39, 0.29) is 11.6 Å². The maximum atomic E-state index is 12.4. The SMILES string of the molecule is CNc1cc(C(=O)N(C)c2ccc([N+](=O)[O-])cc2)ccn1. The van der Waals surface area contributed by atoms with Crippen LogP contribution in [0.3, 0.4) is 0 Å². The number of carbonyl (C=O) groups excluding carboxylic acids is 1. The highest BCUT2D eigenvalue weighted by molar-refractivity contribution is 6.06. The fourth-order valence-electron chi connectivity index (χ4n) is 1.81. The molecule has 1 aromatic heterocycles. The molecule has 0 fully saturated rings. The summed E-state index contributed by atoms with van der Waals surface area (Å²) in [5.41, 5.74) is 1.05. The second kappa shape index (κ2) is 6.00. The minimum atomic E-state index is -0.479. The molecule has 0 aliphatic carbocycles. The van der Waals surface area contributed by atoms with Crippen molar-refractivity contribution in [3.05, 3.63) is 58.3 Å². The van der Waals surface area contributed by atoms with Crippen molar-refractivity contribution in [2.24, 2.45) is 0 Å². The standard InChI is InChI=1S/C14H14N4O3/c1-15-13-9-10(7-8-16-13)14(19)17(2)11-3-5-12(6-4-11)18(20)21/h3-9H,1-2H3,(H,15,16). The van der Waals surface area contributed by atoms with E-state index in [1.807, 2.05) is 0 Å². The van der Waals surface area contributed by atoms with E-state index >= 15 is 0 Å². The number of hydrogen-bond acceptors (Lipinski definition) is 5. The Kier molecular flexibility index (Phi) is 4.13. The van der Waals surface area contributed by atoms with Crippen LogP contribution in [-0.4, -0.2) is 29.9 Å². The number of amides is 1. The number of aromatic nitrogens is 1. The van der Waals surface area contributed by atoms with Crippen molar-refractivity contribution in [2.45, 2.75) is 0 Å². The van der Waals surface area contributed by atoms with E-state index in [1.165, 1.54) is 29.2 Å². The lowest BCUT2D eigenvalue weighted by molar-refractivity contribution is -0.384. The normalized spacial score (nSPS) is 10.0. The number of nitrogens with one attached hydrogen (secondary N) is 1. The Hall–Kier alpha value is -2.96. The summed E-state index contributed by atoms with van der Waals surface area (Å²) in [7, 11) is 3.33. The van der Waals surface area contributed by atoms with E-state index in [1.54, 1.807) is 32.4 Å². The number of nitro groups is 1. The van der Waals surface area contributed by atoms with Crippen molar-refractivity contribution in [1.29, 1.82) is 0 Å². The fraction of sp³-hybridized carbons (Fsp3) is 0.143. The molecule has 1 amide bonds. The van der Waals surface area contributed by atoms with Crippen LogP contribution in [0.15, 0.2) is 42.6 Å². The Morgan fingerprint density at radius 2 is 1.95 bits per heavy atom. The number of benzene rings is 1. The monoisotopic (exact) mass is 286 g/mol. The molecule has 0 aliphatic heterocycles. The molecule has 108 valence electrons. The second-order valence-electron chi connectivity index (χ2n) is 4.32. The molecule has 0 saturated carbocycles. The van der Waals surface area contributed by atoms with E-state index in [0.717, 1.165) is 0 Å². The summed E-state index contributed by atoms with van der Waals surface area (Å²) in [6, 6.07) is 9.07. The Balaban J connectivity index is 2.23. The predicted octanol–water partition coefficient (Wildman–Crippen LogP) is 2.31. The molecule has 0 saturated heterocycles. The average Bonchev–Trinajstić information content (AvgIpc) is 2.53. The molecule has 1 aromatic carbocycles. The molecule has 0 unspecified atom stereocenters. The molecule has 1 N–H and O–H groups in total. The third kappa shape index (κ3) is 3.14. The van der Waals surface area contributed by atoms with E-state index in [2.05, 4.69) is 10.3 Å². The first-order valence-corrected chi connectivity index (χ1v) is 6.19. The third-order valence-corrected chi connectivity index (χ3v) is 3.02. The minimum absolute atomic E-state index is 0.0130. The molecule has 0 atom stereocenters. The summed E-state index contributed by atoms with van der Waals surface area (Å²) in [6.45, 7) is 0. The van der Waals surface area contributed by atoms with Gasteiger partial charge in [0.05, 0.1) is 4.92 Å². The molecule has 0 radical (unpaired) electrons. The van der Waals surface area contributed by atoms with Crippen LogP contribution < -0.4 is 10.2 Å². The smallest absolute Gasteiger partial charge is 0.269 e. The summed E-state index contributed by atoms with van der Waals surface area (Å²) in [5.74, 6) is 0.376. The Labute approximate surface area is 121 Å². The quantitative estimate of drug-likeness (QED) is 0.688. The lowest BCUT2D eigenvalue weighted by atomic mass is 10.2. The molecule has 2 rings (SSSR count). The number of pyridine rings is 1. The molecule has 21 heavy (non-hydrogen) atoms. The van der Waals surface area contributed by atoms with Gasteiger partial charge in [-0.25, -0.2) is 4.98 Å². The van der Waals surface area contributed by atoms with Crippen LogP contribution in [0.4, 0.5) is 17.2 Å². The zero-order chi connectivity index (χ0) is 15.4. The number of nitro benzene ring substituents is 1. The first-order valence-electron chi connectivity index (χ1n) is 6.19. The topological polar surface area (TPSA) is 88.4 Å². The average molecular weight is 286 g/mol. The molecule has 0 aliphatic rings. The highest BCUT2D eigenvalue weighted by atomic mass is 16.6. The van der Waals surface area contributed by atoms with Crippen LogP contribution in [0, 0.1) is 10.1 Å². The van der Waals surface area contributed by atoms with Crippen molar-refractivity contribution in [3.8, 4) is 0 Å². The minimum Gasteiger partial charge on any atom is -0.373 e. The van der Waals surface area contributed by atoms with Crippen LogP contribution in [-0.2, 0) is 0 Å². The van der Waals surface area contributed by atoms with Crippen molar-refractivity contribution in [3.63, 3.8) is 0 Å². The second-order valence-corrected chi connectivity index (χ2v) is 4.32. The molecule has 7 heteroatoms. The molecular formula is C14H14N4O3. The molecular weight excluding hydrogens is 272 g/mol. The van der Waals surface area contributed by atoms with Gasteiger partial charge in [-0.15, -0.1) is 0 Å². The molecule has 7 nitrogen and oxygen atoms in total. The van der Waals surface area contributed by atoms with Crippen LogP contribution in [0.5, 0.6) is 0 Å². The Morgan fingerprint density at radius 3 is 2.52 bits per heavy atom. The molecule has 2 aromatic rings. The van der Waals surface area contributed by atoms with Crippen LogP contribution >= 0.6 is 0 Å². The highest BCUT2D eigenvalue weighted by Gasteiger charge is 2.15. The van der Waals surface area contributed by atoms with Gasteiger partial charge < -0.3 is 10.2 Å². The van der Waals surface area contributed by atoms with Gasteiger partial charge in [0.15, 0.2) is 0 Å². The summed E-state index contributed by atoms with van der Waals surface area (Å²) < 4.78 is 0. The first kappa shape index (κ1) is 14.4. The van der Waals surface area contributed by atoms with E-state index < -0.39 is 4.92 Å². The van der Waals surface area contributed by atoms with Crippen molar-refractivity contribution >= 4 is 23.1 Å². The number of nitrogens with zero attached hydrogens (tertiary/aromatic N) is 3. The largest absolute Gasteiger partial charge is 0.373 e. The van der Waals surface area contributed by atoms with Gasteiger partial charge in [-0.3, -0.25) is 14.9 Å². The third-order valence-electron chi connectivity index (χ3n) is 3.02. The van der Waals surface area contributed by atoms with Gasteiger partial charge in [-0.1, -0.05) is 0 Å². The lowest BCUT2D eigenvalue weighted by Gasteiger charge is -2.17. The van der Waals surface area contributed by atoms with Crippen LogP contribution in [0.2, 0.25) is 0 Å². The zero-order valence-electron chi connectivity index (χ0n) is 11.6. The summed E-state index contributed by atoms with van der Waals surface area (Å²) in [4.78, 5) is 28.0. The van der Waals surface area contributed by atoms with E-state index in [9.17, 15) is 14.9 Å². The molecule has 0 bridgehead atoms. The first-order chi connectivity index (χ1) is 10.0. The highest BCUT2D eigenvalue weighted by Crippen LogP contribution is 2.20. The maximum Gasteiger partial charge on any atom is 0.269 e. The fourth-order valence-corrected chi connectivity index (χ4v) is 1.81. The zero-order valence-corrected chi connectivity index (χ0v) is 11.6.